The molecular weight excluding hydrogens is 252 g/mol. The Morgan fingerprint density at radius 2 is 2.17 bits per heavy atom. The standard InChI is InChI=1S/C14H15ClO3/c1-2-17-14-7-13(11(8-16)9-18-14)10-3-5-12(15)6-4-10/h3-6,8-9,13-14H,2,7H2,1H3. The summed E-state index contributed by atoms with van der Waals surface area (Å²) in [4.78, 5) is 11.1. The van der Waals surface area contributed by atoms with Gasteiger partial charge < -0.3 is 9.47 Å². The van der Waals surface area contributed by atoms with Crippen molar-refractivity contribution in [3.05, 3.63) is 46.7 Å². The van der Waals surface area contributed by atoms with Gasteiger partial charge in [-0.3, -0.25) is 4.79 Å². The van der Waals surface area contributed by atoms with Gasteiger partial charge in [0.05, 0.1) is 6.26 Å². The molecule has 0 saturated carbocycles. The molecule has 0 aromatic heterocycles. The molecule has 18 heavy (non-hydrogen) atoms. The van der Waals surface area contributed by atoms with Crippen LogP contribution in [0.4, 0.5) is 0 Å². The molecule has 1 aliphatic rings. The topological polar surface area (TPSA) is 35.5 Å². The first-order valence-corrected chi connectivity index (χ1v) is 6.30. The average molecular weight is 267 g/mol. The van der Waals surface area contributed by atoms with Gasteiger partial charge in [0.2, 0.25) is 0 Å². The molecule has 96 valence electrons. The molecule has 1 heterocycles. The third-order valence-electron chi connectivity index (χ3n) is 2.95. The van der Waals surface area contributed by atoms with E-state index in [1.54, 1.807) is 0 Å². The Bertz CT molecular complexity index is 439. The molecule has 0 N–H and O–H groups in total. The zero-order valence-corrected chi connectivity index (χ0v) is 10.9. The van der Waals surface area contributed by atoms with Gasteiger partial charge in [0.25, 0.3) is 0 Å². The molecule has 4 heteroatoms. The second-order valence-electron chi connectivity index (χ2n) is 4.10. The van der Waals surface area contributed by atoms with Crippen LogP contribution in [-0.4, -0.2) is 19.2 Å². The van der Waals surface area contributed by atoms with E-state index in [4.69, 9.17) is 21.1 Å². The number of rotatable bonds is 4. The van der Waals surface area contributed by atoms with Gasteiger partial charge in [0.15, 0.2) is 6.29 Å². The normalized spacial score (nSPS) is 23.1. The summed E-state index contributed by atoms with van der Waals surface area (Å²) in [5.41, 5.74) is 1.68. The van der Waals surface area contributed by atoms with E-state index in [1.807, 2.05) is 31.2 Å². The van der Waals surface area contributed by atoms with Crippen LogP contribution in [0.1, 0.15) is 24.8 Å². The van der Waals surface area contributed by atoms with E-state index in [2.05, 4.69) is 0 Å². The van der Waals surface area contributed by atoms with E-state index < -0.39 is 0 Å². The number of hydrogen-bond acceptors (Lipinski definition) is 3. The van der Waals surface area contributed by atoms with Crippen molar-refractivity contribution in [3.8, 4) is 0 Å². The third-order valence-corrected chi connectivity index (χ3v) is 3.20. The number of aldehydes is 1. The van der Waals surface area contributed by atoms with Crippen LogP contribution in [0, 0.1) is 0 Å². The van der Waals surface area contributed by atoms with E-state index in [0.717, 1.165) is 11.8 Å². The smallest absolute Gasteiger partial charge is 0.199 e. The highest BCUT2D eigenvalue weighted by atomic mass is 35.5. The molecule has 2 rings (SSSR count). The number of halogens is 1. The largest absolute Gasteiger partial charge is 0.472 e. The summed E-state index contributed by atoms with van der Waals surface area (Å²) in [5.74, 6) is 0.00469. The molecule has 0 bridgehead atoms. The zero-order chi connectivity index (χ0) is 13.0. The van der Waals surface area contributed by atoms with Gasteiger partial charge in [-0.05, 0) is 24.6 Å². The molecule has 0 fully saturated rings. The van der Waals surface area contributed by atoms with E-state index >= 15 is 0 Å². The minimum absolute atomic E-state index is 0.00469. The van der Waals surface area contributed by atoms with Crippen molar-refractivity contribution in [1.29, 1.82) is 0 Å². The summed E-state index contributed by atoms with van der Waals surface area (Å²) in [6, 6.07) is 7.51. The first kappa shape index (κ1) is 13.1. The van der Waals surface area contributed by atoms with Gasteiger partial charge in [-0.25, -0.2) is 0 Å². The number of ether oxygens (including phenoxy) is 2. The Morgan fingerprint density at radius 3 is 2.78 bits per heavy atom. The van der Waals surface area contributed by atoms with Crippen LogP contribution in [0.5, 0.6) is 0 Å². The molecule has 0 spiro atoms. The van der Waals surface area contributed by atoms with E-state index in [-0.39, 0.29) is 12.2 Å². The van der Waals surface area contributed by atoms with Crippen molar-refractivity contribution < 1.29 is 14.3 Å². The summed E-state index contributed by atoms with van der Waals surface area (Å²) in [6.45, 7) is 2.50. The molecule has 0 aliphatic carbocycles. The maximum atomic E-state index is 11.1. The molecule has 0 saturated heterocycles. The Labute approximate surface area is 111 Å². The molecule has 1 aromatic carbocycles. The van der Waals surface area contributed by atoms with Crippen molar-refractivity contribution in [2.75, 3.05) is 6.61 Å². The van der Waals surface area contributed by atoms with Gasteiger partial charge >= 0.3 is 0 Å². The quantitative estimate of drug-likeness (QED) is 0.785. The molecule has 2 unspecified atom stereocenters. The minimum atomic E-state index is -0.292. The van der Waals surface area contributed by atoms with Crippen LogP contribution in [0.2, 0.25) is 5.02 Å². The van der Waals surface area contributed by atoms with Crippen molar-refractivity contribution in [2.45, 2.75) is 25.6 Å². The molecule has 0 radical (unpaired) electrons. The van der Waals surface area contributed by atoms with Crippen LogP contribution >= 0.6 is 11.6 Å². The molecular formula is C14H15ClO3. The van der Waals surface area contributed by atoms with Crippen molar-refractivity contribution >= 4 is 17.9 Å². The zero-order valence-electron chi connectivity index (χ0n) is 10.1. The molecule has 1 aromatic rings. The first-order chi connectivity index (χ1) is 8.74. The lowest BCUT2D eigenvalue weighted by Crippen LogP contribution is -2.24. The van der Waals surface area contributed by atoms with Crippen LogP contribution in [0.25, 0.3) is 0 Å². The summed E-state index contributed by atoms with van der Waals surface area (Å²) >= 11 is 5.87. The molecule has 0 amide bonds. The maximum Gasteiger partial charge on any atom is 0.199 e. The Kier molecular flexibility index (Phi) is 4.39. The highest BCUT2D eigenvalue weighted by Crippen LogP contribution is 2.33. The maximum absolute atomic E-state index is 11.1. The number of hydrogen-bond donors (Lipinski definition) is 0. The fraction of sp³-hybridized carbons (Fsp3) is 0.357. The SMILES string of the molecule is CCOC1CC(c2ccc(Cl)cc2)C(C=O)=CO1. The third kappa shape index (κ3) is 2.92. The number of carbonyl (C=O) groups is 1. The van der Waals surface area contributed by atoms with E-state index in [1.165, 1.54) is 6.26 Å². The molecule has 1 aliphatic heterocycles. The second-order valence-corrected chi connectivity index (χ2v) is 4.53. The van der Waals surface area contributed by atoms with Gasteiger partial charge in [0.1, 0.15) is 6.29 Å². The lowest BCUT2D eigenvalue weighted by atomic mass is 9.88. The Morgan fingerprint density at radius 1 is 1.44 bits per heavy atom. The lowest BCUT2D eigenvalue weighted by Gasteiger charge is -2.28. The summed E-state index contributed by atoms with van der Waals surface area (Å²) < 4.78 is 10.8. The fourth-order valence-electron chi connectivity index (χ4n) is 2.05. The number of allylic oxidation sites excluding steroid dienone is 1. The van der Waals surface area contributed by atoms with Crippen molar-refractivity contribution in [1.82, 2.24) is 0 Å². The summed E-state index contributed by atoms with van der Waals surface area (Å²) in [7, 11) is 0. The number of carbonyl (C=O) groups excluding carboxylic acids is 1. The van der Waals surface area contributed by atoms with Crippen LogP contribution in [-0.2, 0) is 14.3 Å². The predicted molar refractivity (Wildman–Crippen MR) is 69.5 cm³/mol. The summed E-state index contributed by atoms with van der Waals surface area (Å²) in [6.07, 6.45) is 2.68. The van der Waals surface area contributed by atoms with Crippen molar-refractivity contribution in [3.63, 3.8) is 0 Å². The second kappa shape index (κ2) is 6.03. The predicted octanol–water partition coefficient (Wildman–Crippen LogP) is 3.29. The highest BCUT2D eigenvalue weighted by molar-refractivity contribution is 6.30. The molecule has 3 nitrogen and oxygen atoms in total. The average Bonchev–Trinajstić information content (AvgIpc) is 2.40. The van der Waals surface area contributed by atoms with E-state index in [9.17, 15) is 4.79 Å². The fourth-order valence-corrected chi connectivity index (χ4v) is 2.17. The minimum Gasteiger partial charge on any atom is -0.472 e. The van der Waals surface area contributed by atoms with Crippen LogP contribution in [0.3, 0.4) is 0 Å². The lowest BCUT2D eigenvalue weighted by molar-refractivity contribution is -0.120. The Hall–Kier alpha value is -1.32. The van der Waals surface area contributed by atoms with Gasteiger partial charge in [-0.1, -0.05) is 23.7 Å². The monoisotopic (exact) mass is 266 g/mol. The van der Waals surface area contributed by atoms with E-state index in [0.29, 0.717) is 23.6 Å². The highest BCUT2D eigenvalue weighted by Gasteiger charge is 2.27. The molecule has 2 atom stereocenters. The van der Waals surface area contributed by atoms with Gasteiger partial charge in [-0.15, -0.1) is 0 Å². The Balaban J connectivity index is 2.22. The first-order valence-electron chi connectivity index (χ1n) is 5.92. The van der Waals surface area contributed by atoms with Crippen molar-refractivity contribution in [2.24, 2.45) is 0 Å². The summed E-state index contributed by atoms with van der Waals surface area (Å²) in [5, 5.41) is 0.684. The van der Waals surface area contributed by atoms with Gasteiger partial charge in [-0.2, -0.15) is 0 Å². The van der Waals surface area contributed by atoms with Crippen LogP contribution in [0.15, 0.2) is 36.1 Å². The van der Waals surface area contributed by atoms with Crippen LogP contribution < -0.4 is 0 Å². The number of benzene rings is 1. The van der Waals surface area contributed by atoms with Gasteiger partial charge in [0, 0.05) is 29.5 Å².